The van der Waals surface area contributed by atoms with Crippen LogP contribution in [0.25, 0.3) is 0 Å². The number of rotatable bonds is 7. The first kappa shape index (κ1) is 22.8. The van der Waals surface area contributed by atoms with Crippen LogP contribution >= 0.6 is 12.4 Å². The van der Waals surface area contributed by atoms with E-state index in [-0.39, 0.29) is 30.8 Å². The molecule has 158 valence electrons. The van der Waals surface area contributed by atoms with Crippen LogP contribution in [0, 0.1) is 5.92 Å². The molecule has 29 heavy (non-hydrogen) atoms. The lowest BCUT2D eigenvalue weighted by molar-refractivity contribution is 0.0781. The number of nitrogens with two attached hydrogens (primary N) is 1. The molecule has 0 bridgehead atoms. The molecule has 1 unspecified atom stereocenters. The summed E-state index contributed by atoms with van der Waals surface area (Å²) in [6.07, 6.45) is 0.819. The smallest absolute Gasteiger partial charge is 0.254 e. The third-order valence-corrected chi connectivity index (χ3v) is 4.93. The first-order valence-electron chi connectivity index (χ1n) is 9.22. The monoisotopic (exact) mass is 422 g/mol. The minimum atomic E-state index is -0.0781. The Morgan fingerprint density at radius 2 is 1.76 bits per heavy atom. The van der Waals surface area contributed by atoms with Crippen molar-refractivity contribution < 1.29 is 24.1 Å². The van der Waals surface area contributed by atoms with Crippen LogP contribution < -0.4 is 19.9 Å². The number of carbonyl (C=O) groups excluding carboxylic acids is 1. The maximum absolute atomic E-state index is 12.7. The molecule has 2 aromatic carbocycles. The Bertz CT molecular complexity index is 846. The summed E-state index contributed by atoms with van der Waals surface area (Å²) in [6.45, 7) is 1.73. The summed E-state index contributed by atoms with van der Waals surface area (Å²) >= 11 is 0. The van der Waals surface area contributed by atoms with Crippen LogP contribution in [-0.2, 0) is 6.54 Å². The molecule has 2 aromatic rings. The number of halogens is 1. The summed E-state index contributed by atoms with van der Waals surface area (Å²) in [7, 11) is 3.10. The molecule has 0 saturated carbocycles. The second-order valence-electron chi connectivity index (χ2n) is 6.75. The molecule has 1 heterocycles. The lowest BCUT2D eigenvalue weighted by atomic mass is 10.1. The molecule has 1 amide bonds. The van der Waals surface area contributed by atoms with Gasteiger partial charge in [-0.2, -0.15) is 0 Å². The largest absolute Gasteiger partial charge is 0.493 e. The molecule has 0 radical (unpaired) electrons. The third kappa shape index (κ3) is 5.12. The van der Waals surface area contributed by atoms with E-state index in [1.54, 1.807) is 36.3 Å². The van der Waals surface area contributed by atoms with Crippen LogP contribution in [-0.4, -0.2) is 49.8 Å². The zero-order valence-electron chi connectivity index (χ0n) is 16.6. The van der Waals surface area contributed by atoms with E-state index < -0.39 is 0 Å². The quantitative estimate of drug-likeness (QED) is 0.712. The number of hydrogen-bond donors (Lipinski definition) is 2. The number of amides is 1. The molecular weight excluding hydrogens is 396 g/mol. The van der Waals surface area contributed by atoms with Gasteiger partial charge in [-0.15, -0.1) is 12.4 Å². The number of likely N-dealkylation sites (tertiary alicyclic amines) is 1. The Hall–Kier alpha value is -2.48. The summed E-state index contributed by atoms with van der Waals surface area (Å²) in [5, 5.41) is 9.28. The number of aliphatic hydroxyl groups is 1. The van der Waals surface area contributed by atoms with Crippen molar-refractivity contribution in [1.82, 2.24) is 4.90 Å². The van der Waals surface area contributed by atoms with Crippen LogP contribution in [0.5, 0.6) is 23.0 Å². The highest BCUT2D eigenvalue weighted by atomic mass is 35.5. The van der Waals surface area contributed by atoms with Gasteiger partial charge in [0.2, 0.25) is 0 Å². The van der Waals surface area contributed by atoms with Crippen LogP contribution in [0.2, 0.25) is 0 Å². The number of benzene rings is 2. The molecule has 1 aliphatic heterocycles. The van der Waals surface area contributed by atoms with Crippen molar-refractivity contribution in [1.29, 1.82) is 0 Å². The van der Waals surface area contributed by atoms with Gasteiger partial charge in [0, 0.05) is 37.7 Å². The lowest BCUT2D eigenvalue weighted by Crippen LogP contribution is -2.29. The van der Waals surface area contributed by atoms with Crippen molar-refractivity contribution in [2.24, 2.45) is 11.7 Å². The Labute approximate surface area is 176 Å². The van der Waals surface area contributed by atoms with Gasteiger partial charge >= 0.3 is 0 Å². The Kier molecular flexibility index (Phi) is 8.13. The van der Waals surface area contributed by atoms with E-state index in [0.717, 1.165) is 12.0 Å². The van der Waals surface area contributed by atoms with Gasteiger partial charge in [0.1, 0.15) is 0 Å². The third-order valence-electron chi connectivity index (χ3n) is 4.93. The van der Waals surface area contributed by atoms with Crippen molar-refractivity contribution in [3.05, 3.63) is 47.5 Å². The first-order chi connectivity index (χ1) is 13.6. The summed E-state index contributed by atoms with van der Waals surface area (Å²) in [5.74, 6) is 2.10. The molecule has 0 aromatic heterocycles. The number of hydrogen-bond acceptors (Lipinski definition) is 6. The Morgan fingerprint density at radius 1 is 1.10 bits per heavy atom. The van der Waals surface area contributed by atoms with Gasteiger partial charge in [-0.05, 0) is 42.3 Å². The second kappa shape index (κ2) is 10.3. The van der Waals surface area contributed by atoms with Crippen molar-refractivity contribution in [2.75, 3.05) is 33.9 Å². The van der Waals surface area contributed by atoms with Gasteiger partial charge in [0.05, 0.1) is 14.2 Å². The summed E-state index contributed by atoms with van der Waals surface area (Å²) in [6, 6.07) is 10.6. The van der Waals surface area contributed by atoms with E-state index in [2.05, 4.69) is 0 Å². The van der Waals surface area contributed by atoms with Crippen molar-refractivity contribution >= 4 is 18.3 Å². The standard InChI is InChI=1S/C21H26N2O5.ClH/c1-26-19-9-14(11-22)3-5-17(19)28-18-6-4-16(10-20(18)27-2)21(25)23-8-7-15(12-23)13-24;/h3-6,9-10,15,24H,7-8,11-13,22H2,1-2H3;1H. The molecule has 3 rings (SSSR count). The van der Waals surface area contributed by atoms with Gasteiger partial charge in [-0.3, -0.25) is 4.79 Å². The molecule has 7 nitrogen and oxygen atoms in total. The molecule has 3 N–H and O–H groups in total. The number of ether oxygens (including phenoxy) is 3. The topological polar surface area (TPSA) is 94.3 Å². The summed E-state index contributed by atoms with van der Waals surface area (Å²) in [5.41, 5.74) is 7.13. The summed E-state index contributed by atoms with van der Waals surface area (Å²) < 4.78 is 16.8. The molecule has 8 heteroatoms. The van der Waals surface area contributed by atoms with Crippen LogP contribution in [0.4, 0.5) is 0 Å². The normalized spacial score (nSPS) is 15.6. The van der Waals surface area contributed by atoms with Gasteiger partial charge in [0.25, 0.3) is 5.91 Å². The number of aliphatic hydroxyl groups excluding tert-OH is 1. The fraction of sp³-hybridized carbons (Fsp3) is 0.381. The highest BCUT2D eigenvalue weighted by Crippen LogP contribution is 2.37. The van der Waals surface area contributed by atoms with Crippen molar-refractivity contribution in [3.63, 3.8) is 0 Å². The van der Waals surface area contributed by atoms with E-state index in [0.29, 0.717) is 48.2 Å². The number of carbonyl (C=O) groups is 1. The van der Waals surface area contributed by atoms with Gasteiger partial charge in [-0.25, -0.2) is 0 Å². The summed E-state index contributed by atoms with van der Waals surface area (Å²) in [4.78, 5) is 14.5. The van der Waals surface area contributed by atoms with Crippen molar-refractivity contribution in [2.45, 2.75) is 13.0 Å². The predicted molar refractivity (Wildman–Crippen MR) is 112 cm³/mol. The minimum absolute atomic E-state index is 0. The van der Waals surface area contributed by atoms with E-state index >= 15 is 0 Å². The zero-order valence-corrected chi connectivity index (χ0v) is 17.4. The van der Waals surface area contributed by atoms with Gasteiger partial charge < -0.3 is 30.0 Å². The van der Waals surface area contributed by atoms with Gasteiger partial charge in [0.15, 0.2) is 23.0 Å². The van der Waals surface area contributed by atoms with Crippen LogP contribution in [0.3, 0.4) is 0 Å². The number of nitrogens with zero attached hydrogens (tertiary/aromatic N) is 1. The fourth-order valence-electron chi connectivity index (χ4n) is 3.28. The van der Waals surface area contributed by atoms with E-state index in [9.17, 15) is 9.90 Å². The fourth-order valence-corrected chi connectivity index (χ4v) is 3.28. The predicted octanol–water partition coefficient (Wildman–Crippen LogP) is 2.83. The van der Waals surface area contributed by atoms with Gasteiger partial charge in [-0.1, -0.05) is 6.07 Å². The van der Waals surface area contributed by atoms with E-state index in [1.165, 1.54) is 7.11 Å². The van der Waals surface area contributed by atoms with Crippen LogP contribution in [0.15, 0.2) is 36.4 Å². The highest BCUT2D eigenvalue weighted by Gasteiger charge is 2.27. The molecule has 1 fully saturated rings. The zero-order chi connectivity index (χ0) is 20.1. The Morgan fingerprint density at radius 3 is 2.34 bits per heavy atom. The van der Waals surface area contributed by atoms with Crippen molar-refractivity contribution in [3.8, 4) is 23.0 Å². The average molecular weight is 423 g/mol. The van der Waals surface area contributed by atoms with E-state index in [1.807, 2.05) is 12.1 Å². The average Bonchev–Trinajstić information content (AvgIpc) is 3.23. The molecule has 1 aliphatic rings. The minimum Gasteiger partial charge on any atom is -0.493 e. The molecule has 1 saturated heterocycles. The van der Waals surface area contributed by atoms with E-state index in [4.69, 9.17) is 19.9 Å². The maximum atomic E-state index is 12.7. The lowest BCUT2D eigenvalue weighted by Gasteiger charge is -2.18. The molecule has 0 spiro atoms. The van der Waals surface area contributed by atoms with Crippen LogP contribution in [0.1, 0.15) is 22.3 Å². The number of methoxy groups -OCH3 is 2. The Balaban J connectivity index is 0.00000300. The first-order valence-corrected chi connectivity index (χ1v) is 9.22. The highest BCUT2D eigenvalue weighted by molar-refractivity contribution is 5.95. The SMILES string of the molecule is COc1cc(CN)ccc1Oc1ccc(C(=O)N2CCC(CO)C2)cc1OC.Cl. The molecule has 0 aliphatic carbocycles. The molecule has 1 atom stereocenters. The second-order valence-corrected chi connectivity index (χ2v) is 6.75. The maximum Gasteiger partial charge on any atom is 0.254 e. The molecular formula is C21H27ClN2O5.